The largest absolute Gasteiger partial charge is 0.446 e. The Morgan fingerprint density at radius 2 is 2.00 bits per heavy atom. The van der Waals surface area contributed by atoms with Crippen LogP contribution in [0, 0.1) is 0 Å². The van der Waals surface area contributed by atoms with Crippen LogP contribution >= 0.6 is 11.6 Å². The van der Waals surface area contributed by atoms with Crippen molar-refractivity contribution in [2.24, 2.45) is 0 Å². The third kappa shape index (κ3) is 3.72. The molecular weight excluding hydrogens is 457 g/mol. The number of rotatable bonds is 7. The summed E-state index contributed by atoms with van der Waals surface area (Å²) in [4.78, 5) is 27.3. The predicted octanol–water partition coefficient (Wildman–Crippen LogP) is 5.35. The summed E-state index contributed by atoms with van der Waals surface area (Å²) in [7, 11) is 1.52. The van der Waals surface area contributed by atoms with Gasteiger partial charge >= 0.3 is 6.09 Å². The molecule has 2 heterocycles. The van der Waals surface area contributed by atoms with Crippen LogP contribution in [0.3, 0.4) is 0 Å². The lowest BCUT2D eigenvalue weighted by molar-refractivity contribution is -0.131. The molecule has 1 spiro atoms. The van der Waals surface area contributed by atoms with E-state index in [0.29, 0.717) is 43.8 Å². The summed E-state index contributed by atoms with van der Waals surface area (Å²) in [5, 5.41) is 4.12. The predicted molar refractivity (Wildman–Crippen MR) is 130 cm³/mol. The van der Waals surface area contributed by atoms with Gasteiger partial charge in [0, 0.05) is 53.7 Å². The van der Waals surface area contributed by atoms with E-state index in [1.54, 1.807) is 0 Å². The van der Waals surface area contributed by atoms with E-state index >= 15 is 0 Å². The first-order valence-electron chi connectivity index (χ1n) is 11.6. The van der Waals surface area contributed by atoms with Crippen LogP contribution in [0.2, 0.25) is 5.02 Å². The fourth-order valence-corrected chi connectivity index (χ4v) is 5.56. The van der Waals surface area contributed by atoms with Crippen LogP contribution in [0.1, 0.15) is 36.9 Å². The zero-order valence-electron chi connectivity index (χ0n) is 19.0. The van der Waals surface area contributed by atoms with Crippen LogP contribution in [0.15, 0.2) is 48.5 Å². The number of halogens is 2. The number of aryl methyl sites for hydroxylation is 1. The highest BCUT2D eigenvalue weighted by Gasteiger charge is 2.59. The lowest BCUT2D eigenvalue weighted by Crippen LogP contribution is -2.53. The highest BCUT2D eigenvalue weighted by atomic mass is 35.5. The van der Waals surface area contributed by atoms with E-state index in [4.69, 9.17) is 16.3 Å². The van der Waals surface area contributed by atoms with E-state index in [1.165, 1.54) is 7.05 Å². The van der Waals surface area contributed by atoms with Crippen LogP contribution in [-0.4, -0.2) is 36.4 Å². The van der Waals surface area contributed by atoms with Gasteiger partial charge in [0.2, 0.25) is 5.91 Å². The molecule has 5 rings (SSSR count). The topological polar surface area (TPSA) is 63.6 Å². The van der Waals surface area contributed by atoms with E-state index in [-0.39, 0.29) is 18.7 Å². The maximum atomic E-state index is 13.8. The van der Waals surface area contributed by atoms with Crippen LogP contribution in [0.25, 0.3) is 10.9 Å². The molecule has 6 nitrogen and oxygen atoms in total. The molecule has 0 saturated heterocycles. The average molecular weight is 484 g/mol. The summed E-state index contributed by atoms with van der Waals surface area (Å²) < 4.78 is 20.3. The summed E-state index contributed by atoms with van der Waals surface area (Å²) in [6.45, 7) is 0.724. The number of carbonyl (C=O) groups excluding carboxylic acids is 2. The smallest absolute Gasteiger partial charge is 0.407 e. The Morgan fingerprint density at radius 1 is 1.21 bits per heavy atom. The number of nitrogens with zero attached hydrogens (tertiary/aromatic N) is 2. The molecule has 1 N–H and O–H groups in total. The van der Waals surface area contributed by atoms with Gasteiger partial charge in [-0.3, -0.25) is 9.18 Å². The number of alkyl halides is 1. The van der Waals surface area contributed by atoms with Crippen LogP contribution in [0.5, 0.6) is 0 Å². The highest BCUT2D eigenvalue weighted by Crippen LogP contribution is 2.54. The third-order valence-corrected chi connectivity index (χ3v) is 7.26. The first-order chi connectivity index (χ1) is 16.5. The molecule has 2 aromatic carbocycles. The van der Waals surface area contributed by atoms with E-state index in [9.17, 15) is 14.0 Å². The van der Waals surface area contributed by atoms with Gasteiger partial charge in [-0.2, -0.15) is 0 Å². The molecule has 0 atom stereocenters. The summed E-state index contributed by atoms with van der Waals surface area (Å²) in [6.07, 6.45) is 1.39. The molecule has 1 saturated carbocycles. The zero-order valence-corrected chi connectivity index (χ0v) is 19.8. The summed E-state index contributed by atoms with van der Waals surface area (Å²) in [5.41, 5.74) is 3.22. The molecule has 0 radical (unpaired) electrons. The Morgan fingerprint density at radius 3 is 2.76 bits per heavy atom. The molecule has 1 aromatic heterocycles. The Hall–Kier alpha value is -3.06. The number of anilines is 1. The van der Waals surface area contributed by atoms with Crippen LogP contribution < -0.4 is 10.2 Å². The van der Waals surface area contributed by atoms with Crippen molar-refractivity contribution >= 4 is 40.2 Å². The molecule has 0 bridgehead atoms. The van der Waals surface area contributed by atoms with E-state index in [1.807, 2.05) is 47.4 Å². The molecule has 8 heteroatoms. The molecule has 3 aromatic rings. The number of benzene rings is 2. The number of amides is 2. The molecule has 1 aliphatic heterocycles. The van der Waals surface area contributed by atoms with Crippen LogP contribution in [0.4, 0.5) is 14.9 Å². The lowest BCUT2D eigenvalue weighted by atomic mass is 9.63. The van der Waals surface area contributed by atoms with Crippen molar-refractivity contribution in [2.45, 2.75) is 50.3 Å². The van der Waals surface area contributed by atoms with Crippen molar-refractivity contribution in [1.29, 1.82) is 0 Å². The number of hydrogen-bond acceptors (Lipinski definition) is 3. The third-order valence-electron chi connectivity index (χ3n) is 7.03. The van der Waals surface area contributed by atoms with Crippen molar-refractivity contribution in [3.8, 4) is 0 Å². The van der Waals surface area contributed by atoms with Gasteiger partial charge in [0.25, 0.3) is 0 Å². The lowest BCUT2D eigenvalue weighted by Gasteiger charge is -2.43. The number of unbranched alkanes of at least 4 members (excludes halogenated alkanes) is 1. The van der Waals surface area contributed by atoms with E-state index in [0.717, 1.165) is 27.8 Å². The van der Waals surface area contributed by atoms with Gasteiger partial charge in [-0.1, -0.05) is 29.8 Å². The molecule has 0 unspecified atom stereocenters. The first kappa shape index (κ1) is 22.7. The summed E-state index contributed by atoms with van der Waals surface area (Å²) >= 11 is 6.23. The Labute approximate surface area is 202 Å². The van der Waals surface area contributed by atoms with Gasteiger partial charge in [-0.15, -0.1) is 0 Å². The van der Waals surface area contributed by atoms with Crippen LogP contribution in [-0.2, 0) is 28.0 Å². The molecule has 34 heavy (non-hydrogen) atoms. The minimum absolute atomic E-state index is 0.0315. The van der Waals surface area contributed by atoms with Gasteiger partial charge in [-0.05, 0) is 48.7 Å². The average Bonchev–Trinajstić information content (AvgIpc) is 3.26. The number of para-hydroxylation sites is 1. The Bertz CT molecular complexity index is 1250. The van der Waals surface area contributed by atoms with E-state index < -0.39 is 11.5 Å². The molecule has 2 amide bonds. The second-order valence-electron chi connectivity index (χ2n) is 9.06. The first-order valence-corrected chi connectivity index (χ1v) is 12.0. The number of carbonyl (C=O) groups is 2. The second-order valence-corrected chi connectivity index (χ2v) is 9.50. The van der Waals surface area contributed by atoms with E-state index in [2.05, 4.69) is 16.0 Å². The van der Waals surface area contributed by atoms with Crippen molar-refractivity contribution in [1.82, 2.24) is 9.88 Å². The molecule has 178 valence electrons. The van der Waals surface area contributed by atoms with Gasteiger partial charge in [0.1, 0.15) is 6.10 Å². The Balaban J connectivity index is 1.46. The molecule has 1 fully saturated rings. The number of ether oxygens (including phenoxy) is 1. The van der Waals surface area contributed by atoms with Gasteiger partial charge < -0.3 is 19.5 Å². The SMILES string of the molecule is CNC(=O)OC1CC2(C1)C(=O)N(Cc1cc3cc(Cl)ccc3n1CCCCF)c1ccccc12. The summed E-state index contributed by atoms with van der Waals surface area (Å²) in [5.74, 6) is 0.0315. The number of nitrogens with one attached hydrogen (secondary N) is 1. The molecule has 1 aliphatic carbocycles. The minimum Gasteiger partial charge on any atom is -0.446 e. The number of alkyl carbamates (subject to hydrolysis) is 1. The van der Waals surface area contributed by atoms with Gasteiger partial charge in [0.15, 0.2) is 0 Å². The van der Waals surface area contributed by atoms with Crippen molar-refractivity contribution in [3.05, 3.63) is 64.8 Å². The zero-order chi connectivity index (χ0) is 23.9. The van der Waals surface area contributed by atoms with Crippen molar-refractivity contribution in [2.75, 3.05) is 18.6 Å². The highest BCUT2D eigenvalue weighted by molar-refractivity contribution is 6.31. The van der Waals surface area contributed by atoms with Gasteiger partial charge in [-0.25, -0.2) is 4.79 Å². The van der Waals surface area contributed by atoms with Gasteiger partial charge in [0.05, 0.1) is 18.6 Å². The quantitative estimate of drug-likeness (QED) is 0.461. The number of fused-ring (bicyclic) bond motifs is 3. The number of aromatic nitrogens is 1. The normalized spacial score (nSPS) is 21.1. The van der Waals surface area contributed by atoms with Crippen molar-refractivity contribution in [3.63, 3.8) is 0 Å². The molecule has 2 aliphatic rings. The van der Waals surface area contributed by atoms with Crippen molar-refractivity contribution < 1.29 is 18.7 Å². The standard InChI is InChI=1S/C26H27ClFN3O3/c1-29-25(33)34-20-14-26(15-20)21-6-2-3-7-23(21)31(24(26)32)16-19-13-17-12-18(27)8-9-22(17)30(19)11-5-4-10-28/h2-3,6-9,12-13,20H,4-5,10-11,14-16H2,1H3,(H,29,33). The number of hydrogen-bond donors (Lipinski definition) is 1. The monoisotopic (exact) mass is 483 g/mol. The maximum Gasteiger partial charge on any atom is 0.407 e. The summed E-state index contributed by atoms with van der Waals surface area (Å²) in [6, 6.07) is 15.7. The Kier molecular flexibility index (Phi) is 5.98. The maximum absolute atomic E-state index is 13.8. The molecular formula is C26H27ClFN3O3. The second kappa shape index (κ2) is 8.95. The minimum atomic E-state index is -0.663. The fraction of sp³-hybridized carbons (Fsp3) is 0.385. The fourth-order valence-electron chi connectivity index (χ4n) is 5.38.